The fraction of sp³-hybridized carbons (Fsp3) is 0.318. The number of amides is 1. The van der Waals surface area contributed by atoms with Crippen LogP contribution in [0.1, 0.15) is 31.9 Å². The number of aliphatic hydroxyl groups is 1. The first kappa shape index (κ1) is 26.9. The highest BCUT2D eigenvalue weighted by Crippen LogP contribution is 2.32. The second kappa shape index (κ2) is 12.2. The number of nitrogens with one attached hydrogen (secondary N) is 3. The Kier molecular flexibility index (Phi) is 9.97. The van der Waals surface area contributed by atoms with E-state index >= 15 is 0 Å². The van der Waals surface area contributed by atoms with Crippen LogP contribution in [-0.4, -0.2) is 46.5 Å². The summed E-state index contributed by atoms with van der Waals surface area (Å²) in [5.41, 5.74) is 0.554. The number of carbonyl (C=O) groups is 1. The summed E-state index contributed by atoms with van der Waals surface area (Å²) in [7, 11) is 0. The van der Waals surface area contributed by atoms with E-state index in [1.807, 2.05) is 13.8 Å². The van der Waals surface area contributed by atoms with Gasteiger partial charge in [-0.1, -0.05) is 35.0 Å². The van der Waals surface area contributed by atoms with Crippen LogP contribution >= 0.6 is 35.0 Å². The molecule has 0 fully saturated rings. The molecule has 0 saturated carbocycles. The van der Waals surface area contributed by atoms with Crippen LogP contribution in [0.15, 0.2) is 30.3 Å². The number of rotatable bonds is 9. The van der Waals surface area contributed by atoms with Crippen LogP contribution in [0.3, 0.4) is 0 Å². The van der Waals surface area contributed by atoms with Gasteiger partial charge in [-0.25, -0.2) is 4.39 Å². The minimum absolute atomic E-state index is 0.0240. The summed E-state index contributed by atoms with van der Waals surface area (Å²) in [6.45, 7) is 4.48. The molecule has 0 saturated heterocycles. The zero-order chi connectivity index (χ0) is 24.7. The van der Waals surface area contributed by atoms with Gasteiger partial charge in [-0.05, 0) is 38.1 Å². The van der Waals surface area contributed by atoms with Crippen molar-refractivity contribution in [3.8, 4) is 11.5 Å². The number of hydrogen-bond acceptors (Lipinski definition) is 7. The van der Waals surface area contributed by atoms with Gasteiger partial charge in [-0.2, -0.15) is 0 Å². The molecule has 0 bridgehead atoms. The third kappa shape index (κ3) is 7.89. The lowest BCUT2D eigenvalue weighted by Crippen LogP contribution is -2.40. The Morgan fingerprint density at radius 2 is 1.85 bits per heavy atom. The molecule has 11 heteroatoms. The number of benzene rings is 2. The van der Waals surface area contributed by atoms with Crippen LogP contribution in [0.2, 0.25) is 10.0 Å². The lowest BCUT2D eigenvalue weighted by molar-refractivity contribution is -0.120. The molecule has 0 spiro atoms. The average molecular weight is 516 g/mol. The van der Waals surface area contributed by atoms with Crippen molar-refractivity contribution in [1.82, 2.24) is 5.32 Å². The number of aliphatic hydroxyl groups excluding tert-OH is 1. The summed E-state index contributed by atoms with van der Waals surface area (Å²) in [6, 6.07) is 6.40. The number of carbonyl (C=O) groups excluding carboxylic acids is 1. The van der Waals surface area contributed by atoms with Crippen LogP contribution in [0, 0.1) is 16.6 Å². The van der Waals surface area contributed by atoms with Crippen molar-refractivity contribution in [2.24, 2.45) is 0 Å². The highest BCUT2D eigenvalue weighted by molar-refractivity contribution is 8.27. The van der Waals surface area contributed by atoms with Gasteiger partial charge in [0.25, 0.3) is 0 Å². The van der Waals surface area contributed by atoms with Gasteiger partial charge in [0.1, 0.15) is 22.4 Å². The van der Waals surface area contributed by atoms with Crippen LogP contribution < -0.4 is 14.8 Å². The molecule has 0 aliphatic rings. The Balaban J connectivity index is 2.10. The quantitative estimate of drug-likeness (QED) is 0.280. The van der Waals surface area contributed by atoms with Crippen LogP contribution in [0.5, 0.6) is 11.5 Å². The summed E-state index contributed by atoms with van der Waals surface area (Å²) < 4.78 is 25.4. The molecule has 7 nitrogen and oxygen atoms in total. The monoisotopic (exact) mass is 515 g/mol. The van der Waals surface area contributed by atoms with Crippen LogP contribution in [0.25, 0.3) is 0 Å². The van der Waals surface area contributed by atoms with Crippen molar-refractivity contribution in [1.29, 1.82) is 10.8 Å². The Morgan fingerprint density at radius 1 is 1.15 bits per heavy atom. The summed E-state index contributed by atoms with van der Waals surface area (Å²) in [5, 5.41) is 28.6. The molecule has 1 atom stereocenters. The van der Waals surface area contributed by atoms with Gasteiger partial charge in [0.05, 0.1) is 28.8 Å². The zero-order valence-electron chi connectivity index (χ0n) is 18.2. The van der Waals surface area contributed by atoms with Crippen LogP contribution in [0.4, 0.5) is 4.39 Å². The lowest BCUT2D eigenvalue weighted by atomic mass is 10.2. The van der Waals surface area contributed by atoms with E-state index < -0.39 is 11.9 Å². The normalized spacial score (nSPS) is 11.8. The lowest BCUT2D eigenvalue weighted by Gasteiger charge is -2.17. The molecule has 0 aliphatic carbocycles. The first-order chi connectivity index (χ1) is 15.5. The molecular weight excluding hydrogens is 492 g/mol. The summed E-state index contributed by atoms with van der Waals surface area (Å²) in [5.74, 6) is -0.828. The topological polar surface area (TPSA) is 115 Å². The maximum Gasteiger partial charge on any atom is 0.217 e. The first-order valence-electron chi connectivity index (χ1n) is 9.83. The van der Waals surface area contributed by atoms with E-state index in [4.69, 9.17) is 43.5 Å². The zero-order valence-corrected chi connectivity index (χ0v) is 20.5. The third-order valence-corrected chi connectivity index (χ3v) is 5.57. The van der Waals surface area contributed by atoms with Gasteiger partial charge < -0.3 is 19.9 Å². The van der Waals surface area contributed by atoms with Crippen molar-refractivity contribution in [2.75, 3.05) is 13.2 Å². The number of hydrogen-bond donors (Lipinski definition) is 4. The number of thioether (sulfide) groups is 1. The van der Waals surface area contributed by atoms with E-state index in [2.05, 4.69) is 5.32 Å². The Hall–Kier alpha value is -2.33. The van der Waals surface area contributed by atoms with Crippen LogP contribution in [-0.2, 0) is 4.79 Å². The molecule has 178 valence electrons. The Labute approximate surface area is 205 Å². The molecular formula is C22H24Cl2FN3O4S. The molecule has 0 aliphatic heterocycles. The van der Waals surface area contributed by atoms with Crippen molar-refractivity contribution in [3.05, 3.63) is 57.3 Å². The van der Waals surface area contributed by atoms with Gasteiger partial charge >= 0.3 is 0 Å². The van der Waals surface area contributed by atoms with E-state index in [1.165, 1.54) is 13.0 Å². The highest BCUT2D eigenvalue weighted by Gasteiger charge is 2.18. The molecule has 33 heavy (non-hydrogen) atoms. The van der Waals surface area contributed by atoms with Gasteiger partial charge in [0, 0.05) is 24.1 Å². The fourth-order valence-corrected chi connectivity index (χ4v) is 3.90. The molecule has 0 radical (unpaired) electrons. The predicted molar refractivity (Wildman–Crippen MR) is 130 cm³/mol. The van der Waals surface area contributed by atoms with Crippen molar-refractivity contribution in [2.45, 2.75) is 32.9 Å². The fourth-order valence-electron chi connectivity index (χ4n) is 2.64. The second-order valence-electron chi connectivity index (χ2n) is 7.23. The molecule has 0 heterocycles. The number of halogens is 3. The Morgan fingerprint density at radius 3 is 2.42 bits per heavy atom. The second-order valence-corrected chi connectivity index (χ2v) is 9.06. The molecule has 2 aromatic rings. The molecule has 4 N–H and O–H groups in total. The van der Waals surface area contributed by atoms with Gasteiger partial charge in [-0.15, -0.1) is 0 Å². The van der Waals surface area contributed by atoms with Gasteiger partial charge in [0.2, 0.25) is 5.91 Å². The summed E-state index contributed by atoms with van der Waals surface area (Å²) in [4.78, 5) is 11.1. The minimum Gasteiger partial charge on any atom is -0.489 e. The molecule has 1 unspecified atom stereocenters. The van der Waals surface area contributed by atoms with E-state index in [-0.39, 0.29) is 51.6 Å². The van der Waals surface area contributed by atoms with E-state index in [0.717, 1.165) is 17.8 Å². The van der Waals surface area contributed by atoms with Crippen molar-refractivity contribution >= 4 is 51.0 Å². The van der Waals surface area contributed by atoms with E-state index in [9.17, 15) is 14.3 Å². The maximum atomic E-state index is 14.5. The molecule has 1 amide bonds. The Bertz CT molecular complexity index is 1050. The predicted octanol–water partition coefficient (Wildman–Crippen LogP) is 4.88. The SMILES string of the molecule is CC(=O)NC(CO)COc1cc(Cl)c(C(=N)SC(=N)c2ccc(OC(C)C)c(Cl)c2)cc1F. The summed E-state index contributed by atoms with van der Waals surface area (Å²) in [6.07, 6.45) is -0.0562. The van der Waals surface area contributed by atoms with Gasteiger partial charge in [-0.3, -0.25) is 15.6 Å². The summed E-state index contributed by atoms with van der Waals surface area (Å²) >= 11 is 13.2. The highest BCUT2D eigenvalue weighted by atomic mass is 35.5. The standard InChI is InChI=1S/C22H24Cl2FN3O4S/c1-11(2)32-19-5-4-13(6-17(19)24)21(26)33-22(27)15-7-18(25)20(8-16(15)23)31-10-14(9-29)28-12(3)30/h4-8,11,14,26-27,29H,9-10H2,1-3H3,(H,28,30). The molecule has 2 aromatic carbocycles. The van der Waals surface area contributed by atoms with Crippen molar-refractivity contribution in [3.63, 3.8) is 0 Å². The van der Waals surface area contributed by atoms with Crippen molar-refractivity contribution < 1.29 is 23.8 Å². The molecule has 0 aromatic heterocycles. The average Bonchev–Trinajstić information content (AvgIpc) is 2.73. The largest absolute Gasteiger partial charge is 0.489 e. The first-order valence-corrected chi connectivity index (χ1v) is 11.4. The maximum absolute atomic E-state index is 14.5. The smallest absolute Gasteiger partial charge is 0.217 e. The minimum atomic E-state index is -0.774. The van der Waals surface area contributed by atoms with E-state index in [0.29, 0.717) is 16.3 Å². The van der Waals surface area contributed by atoms with E-state index in [1.54, 1.807) is 18.2 Å². The number of ether oxygens (including phenoxy) is 2. The molecule has 2 rings (SSSR count). The van der Waals surface area contributed by atoms with Gasteiger partial charge in [0.15, 0.2) is 11.6 Å². The third-order valence-electron chi connectivity index (χ3n) is 4.09.